The van der Waals surface area contributed by atoms with Crippen LogP contribution in [0.3, 0.4) is 0 Å². The highest BCUT2D eigenvalue weighted by Gasteiger charge is 2.20. The van der Waals surface area contributed by atoms with E-state index in [0.717, 1.165) is 10.0 Å². The number of nitrogens with one attached hydrogen (secondary N) is 1. The van der Waals surface area contributed by atoms with Gasteiger partial charge in [-0.2, -0.15) is 0 Å². The first-order valence-electron chi connectivity index (χ1n) is 4.86. The summed E-state index contributed by atoms with van der Waals surface area (Å²) in [4.78, 5) is 11.5. The van der Waals surface area contributed by atoms with Crippen molar-refractivity contribution >= 4 is 21.9 Å². The van der Waals surface area contributed by atoms with E-state index in [4.69, 9.17) is 9.84 Å². The van der Waals surface area contributed by atoms with Crippen molar-refractivity contribution in [1.29, 1.82) is 0 Å². The Morgan fingerprint density at radius 2 is 2.12 bits per heavy atom. The zero-order chi connectivity index (χ0) is 12.0. The van der Waals surface area contributed by atoms with E-state index in [9.17, 15) is 4.79 Å². The molecule has 5 heteroatoms. The lowest BCUT2D eigenvalue weighted by molar-refractivity contribution is -0.143. The number of rotatable bonds is 5. The van der Waals surface area contributed by atoms with Crippen molar-refractivity contribution in [2.24, 2.45) is 0 Å². The van der Waals surface area contributed by atoms with Gasteiger partial charge in [-0.1, -0.05) is 28.1 Å². The number of halogens is 1. The summed E-state index contributed by atoms with van der Waals surface area (Å²) in [6, 6.07) is 6.83. The molecule has 0 saturated carbocycles. The topological polar surface area (TPSA) is 58.6 Å². The minimum atomic E-state index is -0.537. The predicted octanol–water partition coefficient (Wildman–Crippen LogP) is 1.25. The van der Waals surface area contributed by atoms with Crippen molar-refractivity contribution in [2.75, 3.05) is 20.3 Å². The minimum Gasteiger partial charge on any atom is -0.468 e. The molecule has 0 amide bonds. The van der Waals surface area contributed by atoms with E-state index in [1.807, 2.05) is 24.3 Å². The molecule has 2 N–H and O–H groups in total. The van der Waals surface area contributed by atoms with Gasteiger partial charge in [-0.05, 0) is 17.7 Å². The molecule has 1 aromatic carbocycles. The Kier molecular flexibility index (Phi) is 5.45. The van der Waals surface area contributed by atoms with Gasteiger partial charge in [-0.3, -0.25) is 5.32 Å². The molecule has 16 heavy (non-hydrogen) atoms. The van der Waals surface area contributed by atoms with Crippen LogP contribution in [-0.2, 0) is 9.53 Å². The molecular weight excluding hydrogens is 274 g/mol. The monoisotopic (exact) mass is 287 g/mol. The van der Waals surface area contributed by atoms with Gasteiger partial charge in [0.2, 0.25) is 0 Å². The maximum absolute atomic E-state index is 11.5. The molecule has 1 aromatic rings. The van der Waals surface area contributed by atoms with Gasteiger partial charge in [0.05, 0.1) is 13.7 Å². The second-order valence-electron chi connectivity index (χ2n) is 3.19. The Morgan fingerprint density at radius 1 is 1.50 bits per heavy atom. The smallest absolute Gasteiger partial charge is 0.327 e. The Labute approximate surface area is 103 Å². The number of esters is 1. The zero-order valence-corrected chi connectivity index (χ0v) is 10.5. The summed E-state index contributed by atoms with van der Waals surface area (Å²) in [7, 11) is 1.34. The fourth-order valence-electron chi connectivity index (χ4n) is 1.32. The maximum atomic E-state index is 11.5. The highest BCUT2D eigenvalue weighted by molar-refractivity contribution is 9.10. The van der Waals surface area contributed by atoms with Crippen LogP contribution in [0.25, 0.3) is 0 Å². The molecular formula is C11H14BrNO3. The number of aliphatic hydroxyl groups is 1. The second-order valence-corrected chi connectivity index (χ2v) is 4.10. The van der Waals surface area contributed by atoms with E-state index < -0.39 is 6.04 Å². The first kappa shape index (κ1) is 13.2. The molecule has 0 heterocycles. The summed E-state index contributed by atoms with van der Waals surface area (Å²) < 4.78 is 5.65. The van der Waals surface area contributed by atoms with Gasteiger partial charge in [0, 0.05) is 11.0 Å². The molecule has 0 saturated heterocycles. The summed E-state index contributed by atoms with van der Waals surface area (Å²) in [5, 5.41) is 11.7. The van der Waals surface area contributed by atoms with Gasteiger partial charge in [0.1, 0.15) is 6.04 Å². The SMILES string of the molecule is COC(=O)[C@H](NCCO)c1ccc(Br)cc1. The van der Waals surface area contributed by atoms with Gasteiger partial charge in [-0.15, -0.1) is 0 Å². The highest BCUT2D eigenvalue weighted by atomic mass is 79.9. The van der Waals surface area contributed by atoms with Gasteiger partial charge in [0.15, 0.2) is 0 Å². The third-order valence-corrected chi connectivity index (χ3v) is 2.63. The molecule has 0 radical (unpaired) electrons. The van der Waals surface area contributed by atoms with Crippen LogP contribution in [0.1, 0.15) is 11.6 Å². The van der Waals surface area contributed by atoms with Gasteiger partial charge < -0.3 is 9.84 Å². The van der Waals surface area contributed by atoms with Crippen molar-refractivity contribution in [3.63, 3.8) is 0 Å². The Hall–Kier alpha value is -0.910. The van der Waals surface area contributed by atoms with Crippen LogP contribution in [0.4, 0.5) is 0 Å². The molecule has 0 aliphatic rings. The van der Waals surface area contributed by atoms with Gasteiger partial charge in [0.25, 0.3) is 0 Å². The van der Waals surface area contributed by atoms with E-state index >= 15 is 0 Å². The van der Waals surface area contributed by atoms with E-state index in [1.165, 1.54) is 7.11 Å². The number of carbonyl (C=O) groups excluding carboxylic acids is 1. The molecule has 4 nitrogen and oxygen atoms in total. The van der Waals surface area contributed by atoms with Crippen molar-refractivity contribution < 1.29 is 14.6 Å². The molecule has 0 aromatic heterocycles. The van der Waals surface area contributed by atoms with Crippen molar-refractivity contribution in [1.82, 2.24) is 5.32 Å². The van der Waals surface area contributed by atoms with E-state index in [-0.39, 0.29) is 12.6 Å². The quantitative estimate of drug-likeness (QED) is 0.801. The lowest BCUT2D eigenvalue weighted by Gasteiger charge is -2.16. The number of hydrogen-bond acceptors (Lipinski definition) is 4. The summed E-state index contributed by atoms with van der Waals surface area (Å²) in [5.41, 5.74) is 0.809. The average molecular weight is 288 g/mol. The Balaban J connectivity index is 2.82. The summed E-state index contributed by atoms with van der Waals surface area (Å²) in [6.45, 7) is 0.319. The number of carbonyl (C=O) groups is 1. The number of benzene rings is 1. The first-order chi connectivity index (χ1) is 7.69. The van der Waals surface area contributed by atoms with Crippen molar-refractivity contribution in [2.45, 2.75) is 6.04 Å². The van der Waals surface area contributed by atoms with Crippen LogP contribution in [0, 0.1) is 0 Å². The molecule has 0 aliphatic heterocycles. The van der Waals surface area contributed by atoms with Crippen molar-refractivity contribution in [3.05, 3.63) is 34.3 Å². The van der Waals surface area contributed by atoms with Crippen LogP contribution in [0.2, 0.25) is 0 Å². The molecule has 1 atom stereocenters. The average Bonchev–Trinajstić information content (AvgIpc) is 2.31. The van der Waals surface area contributed by atoms with Crippen LogP contribution in [-0.4, -0.2) is 31.3 Å². The van der Waals surface area contributed by atoms with Crippen LogP contribution >= 0.6 is 15.9 Å². The van der Waals surface area contributed by atoms with Crippen molar-refractivity contribution in [3.8, 4) is 0 Å². The number of methoxy groups -OCH3 is 1. The predicted molar refractivity (Wildman–Crippen MR) is 64.0 cm³/mol. The molecule has 0 fully saturated rings. The summed E-state index contributed by atoms with van der Waals surface area (Å²) in [6.07, 6.45) is 0. The normalized spacial score (nSPS) is 12.2. The standard InChI is InChI=1S/C11H14BrNO3/c1-16-11(15)10(13-6-7-14)8-2-4-9(12)5-3-8/h2-5,10,13-14H,6-7H2,1H3/t10-/m1/s1. The second kappa shape index (κ2) is 6.62. The van der Waals surface area contributed by atoms with E-state index in [1.54, 1.807) is 0 Å². The third-order valence-electron chi connectivity index (χ3n) is 2.10. The molecule has 0 bridgehead atoms. The molecule has 0 spiro atoms. The van der Waals surface area contributed by atoms with Crippen LogP contribution in [0.5, 0.6) is 0 Å². The van der Waals surface area contributed by atoms with Gasteiger partial charge in [-0.25, -0.2) is 4.79 Å². The minimum absolute atomic E-state index is 0.0238. The van der Waals surface area contributed by atoms with Gasteiger partial charge >= 0.3 is 5.97 Å². The number of ether oxygens (including phenoxy) is 1. The van der Waals surface area contributed by atoms with E-state index in [2.05, 4.69) is 21.2 Å². The summed E-state index contributed by atoms with van der Waals surface area (Å²) >= 11 is 3.32. The first-order valence-corrected chi connectivity index (χ1v) is 5.66. The highest BCUT2D eigenvalue weighted by Crippen LogP contribution is 2.17. The zero-order valence-electron chi connectivity index (χ0n) is 8.94. The van der Waals surface area contributed by atoms with E-state index in [0.29, 0.717) is 6.54 Å². The fourth-order valence-corrected chi connectivity index (χ4v) is 1.58. The third kappa shape index (κ3) is 3.59. The van der Waals surface area contributed by atoms with Crippen LogP contribution < -0.4 is 5.32 Å². The Bertz CT molecular complexity index is 340. The molecule has 1 rings (SSSR count). The number of hydrogen-bond donors (Lipinski definition) is 2. The van der Waals surface area contributed by atoms with Crippen LogP contribution in [0.15, 0.2) is 28.7 Å². The lowest BCUT2D eigenvalue weighted by atomic mass is 10.1. The Morgan fingerprint density at radius 3 is 2.62 bits per heavy atom. The number of aliphatic hydroxyl groups excluding tert-OH is 1. The fraction of sp³-hybridized carbons (Fsp3) is 0.364. The maximum Gasteiger partial charge on any atom is 0.327 e. The largest absolute Gasteiger partial charge is 0.468 e. The molecule has 0 unspecified atom stereocenters. The molecule has 0 aliphatic carbocycles. The molecule has 88 valence electrons. The summed E-state index contributed by atoms with van der Waals surface area (Å²) in [5.74, 6) is -0.365. The lowest BCUT2D eigenvalue weighted by Crippen LogP contribution is -2.31.